The third-order valence-electron chi connectivity index (χ3n) is 1.87. The minimum absolute atomic E-state index is 0.00231. The Morgan fingerprint density at radius 3 is 2.83 bits per heavy atom. The summed E-state index contributed by atoms with van der Waals surface area (Å²) in [7, 11) is 1.67. The molecule has 12 heavy (non-hydrogen) atoms. The molecule has 3 atom stereocenters. The number of carbonyl (C=O) groups is 1. The fraction of sp³-hybridized carbons (Fsp3) is 0.857. The highest BCUT2D eigenvalue weighted by atomic mass is 32.2. The second-order valence-electron chi connectivity index (χ2n) is 2.88. The lowest BCUT2D eigenvalue weighted by Gasteiger charge is -2.17. The second-order valence-corrected chi connectivity index (χ2v) is 4.46. The lowest BCUT2D eigenvalue weighted by atomic mass is 10.3. The average molecular weight is 190 g/mol. The van der Waals surface area contributed by atoms with Crippen LogP contribution in [-0.2, 0) is 4.79 Å². The minimum atomic E-state index is -0.795. The van der Waals surface area contributed by atoms with Gasteiger partial charge in [-0.05, 0) is 7.05 Å². The first-order valence-electron chi connectivity index (χ1n) is 3.94. The lowest BCUT2D eigenvalue weighted by Crippen LogP contribution is -2.47. The number of aliphatic carboxylic acids is 1. The third kappa shape index (κ3) is 2.12. The van der Waals surface area contributed by atoms with Crippen molar-refractivity contribution in [2.75, 3.05) is 13.6 Å². The van der Waals surface area contributed by atoms with Gasteiger partial charge in [0, 0.05) is 11.8 Å². The molecule has 1 aliphatic rings. The van der Waals surface area contributed by atoms with Gasteiger partial charge in [-0.1, -0.05) is 6.92 Å². The van der Waals surface area contributed by atoms with E-state index in [1.54, 1.807) is 18.8 Å². The van der Waals surface area contributed by atoms with Gasteiger partial charge < -0.3 is 15.7 Å². The molecule has 1 fully saturated rings. The van der Waals surface area contributed by atoms with Crippen molar-refractivity contribution >= 4 is 17.7 Å². The molecule has 3 N–H and O–H groups in total. The molecule has 0 aromatic carbocycles. The predicted octanol–water partition coefficient (Wildman–Crippen LogP) is -0.290. The van der Waals surface area contributed by atoms with Gasteiger partial charge in [-0.15, -0.1) is 11.8 Å². The molecule has 0 aliphatic carbocycles. The van der Waals surface area contributed by atoms with Gasteiger partial charge in [0.2, 0.25) is 0 Å². The van der Waals surface area contributed by atoms with Crippen LogP contribution in [0.5, 0.6) is 0 Å². The first-order chi connectivity index (χ1) is 5.65. The van der Waals surface area contributed by atoms with Crippen LogP contribution in [0.3, 0.4) is 0 Å². The maximum absolute atomic E-state index is 10.7. The van der Waals surface area contributed by atoms with E-state index < -0.39 is 12.0 Å². The molecule has 4 nitrogen and oxygen atoms in total. The van der Waals surface area contributed by atoms with Crippen LogP contribution < -0.4 is 10.6 Å². The number of rotatable bonds is 3. The van der Waals surface area contributed by atoms with Gasteiger partial charge in [0.05, 0.1) is 5.37 Å². The Balaban J connectivity index is 2.49. The van der Waals surface area contributed by atoms with Gasteiger partial charge in [0.15, 0.2) is 0 Å². The van der Waals surface area contributed by atoms with Crippen LogP contribution in [0.15, 0.2) is 0 Å². The number of nitrogens with one attached hydrogen (secondary N) is 2. The molecule has 1 heterocycles. The fourth-order valence-corrected chi connectivity index (χ4v) is 2.52. The van der Waals surface area contributed by atoms with Crippen molar-refractivity contribution in [1.82, 2.24) is 10.6 Å². The standard InChI is InChI=1S/C7H14N2O2S/c1-4-3-9-6(12-4)5(8-2)7(10)11/h4-6,8-9H,3H2,1-2H3,(H,10,11). The molecule has 1 aliphatic heterocycles. The highest BCUT2D eigenvalue weighted by Gasteiger charge is 2.32. The Labute approximate surface area is 76.1 Å². The monoisotopic (exact) mass is 190 g/mol. The van der Waals surface area contributed by atoms with E-state index in [1.165, 1.54) is 0 Å². The molecule has 1 rings (SSSR count). The van der Waals surface area contributed by atoms with Crippen LogP contribution in [-0.4, -0.2) is 41.3 Å². The zero-order valence-electron chi connectivity index (χ0n) is 7.20. The van der Waals surface area contributed by atoms with E-state index in [4.69, 9.17) is 5.11 Å². The molecule has 3 unspecified atom stereocenters. The summed E-state index contributed by atoms with van der Waals surface area (Å²) in [6, 6.07) is -0.486. The van der Waals surface area contributed by atoms with E-state index >= 15 is 0 Å². The summed E-state index contributed by atoms with van der Waals surface area (Å²) in [6.45, 7) is 2.98. The summed E-state index contributed by atoms with van der Waals surface area (Å²) in [6.07, 6.45) is 0. The normalized spacial score (nSPS) is 31.8. The summed E-state index contributed by atoms with van der Waals surface area (Å²) in [5, 5.41) is 15.3. The van der Waals surface area contributed by atoms with Crippen molar-refractivity contribution in [1.29, 1.82) is 0 Å². The van der Waals surface area contributed by atoms with E-state index in [0.29, 0.717) is 5.25 Å². The quantitative estimate of drug-likeness (QED) is 0.571. The van der Waals surface area contributed by atoms with E-state index in [0.717, 1.165) is 6.54 Å². The van der Waals surface area contributed by atoms with Crippen LogP contribution in [0.1, 0.15) is 6.92 Å². The van der Waals surface area contributed by atoms with Crippen molar-refractivity contribution in [3.8, 4) is 0 Å². The first kappa shape index (κ1) is 9.83. The van der Waals surface area contributed by atoms with Crippen LogP contribution in [0.2, 0.25) is 0 Å². The maximum atomic E-state index is 10.7. The van der Waals surface area contributed by atoms with Gasteiger partial charge in [0.1, 0.15) is 6.04 Å². The molecule has 5 heteroatoms. The molecule has 0 saturated carbocycles. The summed E-state index contributed by atoms with van der Waals surface area (Å²) >= 11 is 1.67. The maximum Gasteiger partial charge on any atom is 0.323 e. The highest BCUT2D eigenvalue weighted by Crippen LogP contribution is 2.24. The van der Waals surface area contributed by atoms with Crippen molar-refractivity contribution in [3.05, 3.63) is 0 Å². The van der Waals surface area contributed by atoms with Gasteiger partial charge in [-0.2, -0.15) is 0 Å². The number of hydrogen-bond donors (Lipinski definition) is 3. The molecule has 0 radical (unpaired) electrons. The molecule has 70 valence electrons. The molecule has 0 bridgehead atoms. The SMILES string of the molecule is CNC(C(=O)O)C1NCC(C)S1. The molecular formula is C7H14N2O2S. The topological polar surface area (TPSA) is 61.4 Å². The predicted molar refractivity (Wildman–Crippen MR) is 49.3 cm³/mol. The van der Waals surface area contributed by atoms with E-state index in [9.17, 15) is 4.79 Å². The number of likely N-dealkylation sites (N-methyl/N-ethyl adjacent to an activating group) is 1. The largest absolute Gasteiger partial charge is 0.480 e. The number of hydrogen-bond acceptors (Lipinski definition) is 4. The number of carboxylic acid groups (broad SMARTS) is 1. The Morgan fingerprint density at radius 1 is 1.83 bits per heavy atom. The van der Waals surface area contributed by atoms with Gasteiger partial charge in [-0.3, -0.25) is 4.79 Å². The lowest BCUT2D eigenvalue weighted by molar-refractivity contribution is -0.139. The van der Waals surface area contributed by atoms with E-state index in [1.807, 2.05) is 0 Å². The smallest absolute Gasteiger partial charge is 0.323 e. The van der Waals surface area contributed by atoms with Crippen molar-refractivity contribution in [3.63, 3.8) is 0 Å². The molecule has 0 aromatic heterocycles. The van der Waals surface area contributed by atoms with Crippen molar-refractivity contribution < 1.29 is 9.90 Å². The second kappa shape index (κ2) is 4.11. The van der Waals surface area contributed by atoms with Crippen LogP contribution in [0, 0.1) is 0 Å². The van der Waals surface area contributed by atoms with Crippen LogP contribution >= 0.6 is 11.8 Å². The molecule has 0 aromatic rings. The van der Waals surface area contributed by atoms with Crippen molar-refractivity contribution in [2.45, 2.75) is 23.6 Å². The number of carboxylic acids is 1. The molecule has 1 saturated heterocycles. The molecular weight excluding hydrogens is 176 g/mol. The minimum Gasteiger partial charge on any atom is -0.480 e. The fourth-order valence-electron chi connectivity index (χ4n) is 1.23. The molecule has 0 spiro atoms. The zero-order valence-corrected chi connectivity index (χ0v) is 8.02. The van der Waals surface area contributed by atoms with Gasteiger partial charge >= 0.3 is 5.97 Å². The summed E-state index contributed by atoms with van der Waals surface area (Å²) < 4.78 is 0. The average Bonchev–Trinajstić information content (AvgIpc) is 2.37. The summed E-state index contributed by atoms with van der Waals surface area (Å²) in [4.78, 5) is 10.7. The number of thioether (sulfide) groups is 1. The van der Waals surface area contributed by atoms with Crippen LogP contribution in [0.4, 0.5) is 0 Å². The van der Waals surface area contributed by atoms with Crippen LogP contribution in [0.25, 0.3) is 0 Å². The third-order valence-corrected chi connectivity index (χ3v) is 3.23. The Kier molecular flexibility index (Phi) is 3.37. The Bertz CT molecular complexity index is 177. The van der Waals surface area contributed by atoms with Gasteiger partial charge in [-0.25, -0.2) is 0 Å². The van der Waals surface area contributed by atoms with E-state index in [-0.39, 0.29) is 5.37 Å². The van der Waals surface area contributed by atoms with Crippen molar-refractivity contribution in [2.24, 2.45) is 0 Å². The highest BCUT2D eigenvalue weighted by molar-refractivity contribution is 8.00. The van der Waals surface area contributed by atoms with Gasteiger partial charge in [0.25, 0.3) is 0 Å². The Morgan fingerprint density at radius 2 is 2.50 bits per heavy atom. The summed E-state index contributed by atoms with van der Waals surface area (Å²) in [5.41, 5.74) is 0. The summed E-state index contributed by atoms with van der Waals surface area (Å²) in [5.74, 6) is -0.795. The zero-order chi connectivity index (χ0) is 9.14. The van der Waals surface area contributed by atoms with E-state index in [2.05, 4.69) is 17.6 Å². The molecule has 0 amide bonds. The first-order valence-corrected chi connectivity index (χ1v) is 4.88. The Hall–Kier alpha value is -0.260.